The zero-order valence-electron chi connectivity index (χ0n) is 15.1. The molecular weight excluding hydrogens is 369 g/mol. The first-order valence-electron chi connectivity index (χ1n) is 8.86. The van der Waals surface area contributed by atoms with Crippen LogP contribution in [0.3, 0.4) is 0 Å². The molecule has 2 amide bonds. The van der Waals surface area contributed by atoms with Crippen LogP contribution >= 0.6 is 11.6 Å². The summed E-state index contributed by atoms with van der Waals surface area (Å²) in [4.78, 5) is 24.0. The van der Waals surface area contributed by atoms with Crippen LogP contribution in [0.1, 0.15) is 32.6 Å². The lowest BCUT2D eigenvalue weighted by Crippen LogP contribution is -2.21. The number of benzene rings is 2. The lowest BCUT2D eigenvalue weighted by molar-refractivity contribution is -0.116. The quantitative estimate of drug-likeness (QED) is 0.524. The number of unbranched alkanes of at least 4 members (excludes halogenated alkanes) is 2. The predicted molar refractivity (Wildman–Crippen MR) is 108 cm³/mol. The van der Waals surface area contributed by atoms with E-state index in [1.54, 1.807) is 24.3 Å². The summed E-state index contributed by atoms with van der Waals surface area (Å²) in [5.41, 5.74) is 1.75. The van der Waals surface area contributed by atoms with Crippen molar-refractivity contribution in [3.8, 4) is 0 Å². The Morgan fingerprint density at radius 2 is 1.67 bits per heavy atom. The van der Waals surface area contributed by atoms with Crippen molar-refractivity contribution >= 4 is 40.5 Å². The number of hydrogen-bond acceptors (Lipinski definition) is 3. The summed E-state index contributed by atoms with van der Waals surface area (Å²) in [6.45, 7) is 2.08. The van der Waals surface area contributed by atoms with Crippen molar-refractivity contribution < 1.29 is 14.0 Å². The molecule has 3 N–H and O–H groups in total. The Labute approximate surface area is 163 Å². The van der Waals surface area contributed by atoms with Crippen LogP contribution in [0.2, 0.25) is 5.02 Å². The van der Waals surface area contributed by atoms with Crippen LogP contribution in [0, 0.1) is 5.82 Å². The smallest absolute Gasteiger partial charge is 0.243 e. The fourth-order valence-electron chi connectivity index (χ4n) is 2.43. The average Bonchev–Trinajstić information content (AvgIpc) is 2.63. The largest absolute Gasteiger partial charge is 0.376 e. The molecule has 0 fully saturated rings. The lowest BCUT2D eigenvalue weighted by atomic mass is 10.2. The van der Waals surface area contributed by atoms with Gasteiger partial charge in [-0.3, -0.25) is 9.59 Å². The maximum atomic E-state index is 13.1. The van der Waals surface area contributed by atoms with Crippen molar-refractivity contribution in [3.63, 3.8) is 0 Å². The predicted octanol–water partition coefficient (Wildman–Crippen LogP) is 5.05. The summed E-state index contributed by atoms with van der Waals surface area (Å²) in [6.07, 6.45) is 3.43. The van der Waals surface area contributed by atoms with Crippen LogP contribution in [0.25, 0.3) is 0 Å². The molecule has 0 spiro atoms. The second-order valence-electron chi connectivity index (χ2n) is 6.12. The molecule has 5 nitrogen and oxygen atoms in total. The van der Waals surface area contributed by atoms with Crippen LogP contribution in [-0.2, 0) is 9.59 Å². The monoisotopic (exact) mass is 391 g/mol. The van der Waals surface area contributed by atoms with Gasteiger partial charge in [0.15, 0.2) is 0 Å². The van der Waals surface area contributed by atoms with E-state index in [0.717, 1.165) is 19.3 Å². The van der Waals surface area contributed by atoms with Gasteiger partial charge in [0.1, 0.15) is 5.82 Å². The van der Waals surface area contributed by atoms with Gasteiger partial charge in [-0.25, -0.2) is 4.39 Å². The molecule has 0 unspecified atom stereocenters. The Balaban J connectivity index is 1.84. The fraction of sp³-hybridized carbons (Fsp3) is 0.300. The molecular formula is C20H23ClFN3O2. The number of halogens is 2. The van der Waals surface area contributed by atoms with E-state index in [4.69, 9.17) is 11.6 Å². The SMILES string of the molecule is CCCCCC(=O)Nc1cccc(NC(=O)CNc2ccc(F)c(Cl)c2)c1. The van der Waals surface area contributed by atoms with E-state index in [1.165, 1.54) is 18.2 Å². The summed E-state index contributed by atoms with van der Waals surface area (Å²) in [5, 5.41) is 8.44. The van der Waals surface area contributed by atoms with Crippen molar-refractivity contribution in [1.82, 2.24) is 0 Å². The second-order valence-corrected chi connectivity index (χ2v) is 6.52. The second kappa shape index (κ2) is 10.5. The molecule has 0 aliphatic rings. The molecule has 0 aromatic heterocycles. The van der Waals surface area contributed by atoms with Crippen molar-refractivity contribution in [2.24, 2.45) is 0 Å². The molecule has 0 saturated heterocycles. The van der Waals surface area contributed by atoms with Gasteiger partial charge < -0.3 is 16.0 Å². The number of nitrogens with one attached hydrogen (secondary N) is 3. The van der Waals surface area contributed by atoms with E-state index in [2.05, 4.69) is 22.9 Å². The van der Waals surface area contributed by atoms with E-state index in [-0.39, 0.29) is 23.4 Å². The van der Waals surface area contributed by atoms with Crippen molar-refractivity contribution in [1.29, 1.82) is 0 Å². The minimum atomic E-state index is -0.514. The van der Waals surface area contributed by atoms with E-state index in [9.17, 15) is 14.0 Å². The fourth-order valence-corrected chi connectivity index (χ4v) is 2.61. The number of carbonyl (C=O) groups excluding carboxylic acids is 2. The lowest BCUT2D eigenvalue weighted by Gasteiger charge is -2.10. The Kier molecular flexibility index (Phi) is 8.07. The minimum Gasteiger partial charge on any atom is -0.376 e. The maximum Gasteiger partial charge on any atom is 0.243 e. The molecule has 0 saturated carbocycles. The summed E-state index contributed by atoms with van der Waals surface area (Å²) >= 11 is 5.71. The van der Waals surface area contributed by atoms with E-state index < -0.39 is 5.82 Å². The first kappa shape index (κ1) is 20.7. The summed E-state index contributed by atoms with van der Waals surface area (Å²) in [5.74, 6) is -0.830. The zero-order valence-corrected chi connectivity index (χ0v) is 15.9. The number of carbonyl (C=O) groups is 2. The highest BCUT2D eigenvalue weighted by Crippen LogP contribution is 2.19. The van der Waals surface area contributed by atoms with Crippen molar-refractivity contribution in [2.45, 2.75) is 32.6 Å². The molecule has 144 valence electrons. The molecule has 0 heterocycles. The molecule has 0 radical (unpaired) electrons. The molecule has 27 heavy (non-hydrogen) atoms. The number of anilines is 3. The van der Waals surface area contributed by atoms with Gasteiger partial charge in [-0.2, -0.15) is 0 Å². The van der Waals surface area contributed by atoms with Gasteiger partial charge in [-0.1, -0.05) is 37.4 Å². The van der Waals surface area contributed by atoms with Gasteiger partial charge in [0.05, 0.1) is 11.6 Å². The van der Waals surface area contributed by atoms with E-state index in [0.29, 0.717) is 23.5 Å². The topological polar surface area (TPSA) is 70.2 Å². The summed E-state index contributed by atoms with van der Waals surface area (Å²) in [6, 6.07) is 11.1. The molecule has 0 aliphatic heterocycles. The van der Waals surface area contributed by atoms with Gasteiger partial charge in [0.25, 0.3) is 0 Å². The Morgan fingerprint density at radius 1 is 0.963 bits per heavy atom. The summed E-state index contributed by atoms with van der Waals surface area (Å²) in [7, 11) is 0. The number of hydrogen-bond donors (Lipinski definition) is 3. The minimum absolute atomic E-state index is 0.00440. The zero-order chi connectivity index (χ0) is 19.6. The van der Waals surface area contributed by atoms with Gasteiger partial charge in [-0.15, -0.1) is 0 Å². The maximum absolute atomic E-state index is 13.1. The molecule has 2 aromatic carbocycles. The van der Waals surface area contributed by atoms with Gasteiger partial charge in [-0.05, 0) is 42.8 Å². The van der Waals surface area contributed by atoms with E-state index in [1.807, 2.05) is 0 Å². The molecule has 0 atom stereocenters. The Morgan fingerprint density at radius 3 is 2.33 bits per heavy atom. The van der Waals surface area contributed by atoms with Gasteiger partial charge in [0, 0.05) is 23.5 Å². The van der Waals surface area contributed by atoms with Gasteiger partial charge in [0.2, 0.25) is 11.8 Å². The van der Waals surface area contributed by atoms with Crippen LogP contribution in [0.5, 0.6) is 0 Å². The highest BCUT2D eigenvalue weighted by Gasteiger charge is 2.06. The van der Waals surface area contributed by atoms with Crippen LogP contribution in [0.15, 0.2) is 42.5 Å². The average molecular weight is 392 g/mol. The normalized spacial score (nSPS) is 10.3. The highest BCUT2D eigenvalue weighted by molar-refractivity contribution is 6.31. The number of rotatable bonds is 9. The molecule has 7 heteroatoms. The van der Waals surface area contributed by atoms with Crippen LogP contribution in [-0.4, -0.2) is 18.4 Å². The number of amides is 2. The summed E-state index contributed by atoms with van der Waals surface area (Å²) < 4.78 is 13.1. The molecule has 0 aliphatic carbocycles. The Hall–Kier alpha value is -2.60. The van der Waals surface area contributed by atoms with Crippen LogP contribution < -0.4 is 16.0 Å². The molecule has 2 rings (SSSR count). The van der Waals surface area contributed by atoms with Crippen molar-refractivity contribution in [2.75, 3.05) is 22.5 Å². The van der Waals surface area contributed by atoms with Crippen molar-refractivity contribution in [3.05, 3.63) is 53.3 Å². The first-order chi connectivity index (χ1) is 13.0. The molecule has 2 aromatic rings. The van der Waals surface area contributed by atoms with E-state index >= 15 is 0 Å². The highest BCUT2D eigenvalue weighted by atomic mass is 35.5. The van der Waals surface area contributed by atoms with Crippen LogP contribution in [0.4, 0.5) is 21.5 Å². The first-order valence-corrected chi connectivity index (χ1v) is 9.24. The third-order valence-corrected chi connectivity index (χ3v) is 4.10. The third-order valence-electron chi connectivity index (χ3n) is 3.81. The third kappa shape index (κ3) is 7.27. The molecule has 0 bridgehead atoms. The van der Waals surface area contributed by atoms with Gasteiger partial charge >= 0.3 is 0 Å². The Bertz CT molecular complexity index is 799. The standard InChI is InChI=1S/C20H23ClFN3O2/c1-2-3-4-8-19(26)24-15-6-5-7-16(11-15)25-20(27)13-23-14-9-10-18(22)17(21)12-14/h5-7,9-12,23H,2-4,8,13H2,1H3,(H,24,26)(H,25,27).